The molecule has 4 aromatic carbocycles. The number of carbonyl (C=O) groups is 8. The van der Waals surface area contributed by atoms with Crippen LogP contribution in [-0.2, 0) is 159 Å². The zero-order chi connectivity index (χ0) is 95.6. The number of ether oxygens (including phenoxy) is 24. The minimum Gasteiger partial charge on any atom is -0.480 e. The van der Waals surface area contributed by atoms with Gasteiger partial charge in [0.05, 0.1) is 178 Å². The van der Waals surface area contributed by atoms with Crippen molar-refractivity contribution < 1.29 is 167 Å². The molecule has 0 radical (unpaired) electrons. The van der Waals surface area contributed by atoms with Crippen molar-refractivity contribution in [3.05, 3.63) is 144 Å². The molecule has 5 amide bonds. The van der Waals surface area contributed by atoms with E-state index in [-0.39, 0.29) is 118 Å². The van der Waals surface area contributed by atoms with Crippen LogP contribution in [0.25, 0.3) is 0 Å². The van der Waals surface area contributed by atoms with Crippen molar-refractivity contribution in [1.29, 1.82) is 0 Å². The van der Waals surface area contributed by atoms with Crippen LogP contribution in [0.4, 0.5) is 19.2 Å². The summed E-state index contributed by atoms with van der Waals surface area (Å²) in [7, 11) is 6.24. The average Bonchev–Trinajstić information content (AvgIpc) is 0.965. The van der Waals surface area contributed by atoms with Gasteiger partial charge in [-0.2, -0.15) is 0 Å². The Morgan fingerprint density at radius 2 is 0.574 bits per heavy atom. The second-order valence-electron chi connectivity index (χ2n) is 26.0. The lowest BCUT2D eigenvalue weighted by Gasteiger charge is -2.19. The van der Waals surface area contributed by atoms with E-state index in [0.29, 0.717) is 184 Å². The van der Waals surface area contributed by atoms with Crippen LogP contribution >= 0.6 is 0 Å². The second-order valence-corrected chi connectivity index (χ2v) is 26.0. The van der Waals surface area contributed by atoms with Crippen LogP contribution in [0.2, 0.25) is 0 Å². The van der Waals surface area contributed by atoms with Crippen molar-refractivity contribution in [3.8, 4) is 0 Å². The number of methoxy groups -OCH3 is 4. The van der Waals surface area contributed by atoms with Gasteiger partial charge in [0.1, 0.15) is 58.5 Å². The van der Waals surface area contributed by atoms with E-state index in [9.17, 15) is 38.4 Å². The largest absolute Gasteiger partial charge is 0.480 e. The van der Waals surface area contributed by atoms with Crippen LogP contribution in [-0.4, -0.2) is 367 Å². The molecular weight excluding hydrogens is 1700 g/mol. The summed E-state index contributed by atoms with van der Waals surface area (Å²) in [5, 5.41) is 37.8. The number of amides is 5. The number of aliphatic carboxylic acids is 1. The molecule has 0 heterocycles. The number of esters is 2. The Kier molecular flexibility index (Phi) is 92.8. The fraction of sp³-hybridized carbons (Fsp3) is 0.628. The summed E-state index contributed by atoms with van der Waals surface area (Å²) < 4.78 is 121. The quantitative estimate of drug-likeness (QED) is 0.0131. The first-order chi connectivity index (χ1) is 62.6. The summed E-state index contributed by atoms with van der Waals surface area (Å²) in [5.41, 5.74) is 18.8. The molecule has 0 aliphatic heterocycles. The third-order valence-corrected chi connectivity index (χ3v) is 14.2. The van der Waals surface area contributed by atoms with Gasteiger partial charge in [-0.25, -0.2) is 33.6 Å². The third kappa shape index (κ3) is 96.3. The van der Waals surface area contributed by atoms with Crippen LogP contribution in [0.3, 0.4) is 0 Å². The maximum atomic E-state index is 11.5. The van der Waals surface area contributed by atoms with Crippen LogP contribution in [0, 0.1) is 0 Å². The van der Waals surface area contributed by atoms with E-state index in [4.69, 9.17) is 146 Å². The average molecular weight is 1850 g/mol. The molecule has 0 fully saturated rings. The number of carbonyl (C=O) groups excluding carboxylic acids is 7. The summed E-state index contributed by atoms with van der Waals surface area (Å²) in [4.78, 5) is 89.4. The Bertz CT molecular complexity index is 3170. The SMILES string of the molecule is CC(C)(C)OC(=O)COCCOCCNC(=O)OCc1ccccc1.CCOC(=O)COCCOCCNC(=O)OCc1ccccc1.COC(COCCOCCN)OC.COC(COCCOCCNC(=O)COCCOCCN)OC.NCCOCCO.O=C(NCCOCCO)OCc1ccccc1.O=C(O)COCCOCCNC(=O)OCc1ccccc1. The molecule has 129 heavy (non-hydrogen) atoms. The summed E-state index contributed by atoms with van der Waals surface area (Å²) in [6, 6.07) is 37.7. The number of nitrogens with one attached hydrogen (secondary N) is 5. The zero-order valence-corrected chi connectivity index (χ0v) is 76.2. The monoisotopic (exact) mass is 1850 g/mol. The first-order valence-electron chi connectivity index (χ1n) is 41.8. The van der Waals surface area contributed by atoms with Gasteiger partial charge in [-0.15, -0.1) is 0 Å². The Labute approximate surface area is 757 Å². The third-order valence-electron chi connectivity index (χ3n) is 14.2. The van der Waals surface area contributed by atoms with Gasteiger partial charge in [-0.05, 0) is 49.9 Å². The molecule has 0 saturated carbocycles. The second kappa shape index (κ2) is 96.5. The number of carboxylic acid groups (broad SMARTS) is 1. The highest BCUT2D eigenvalue weighted by Gasteiger charge is 2.17. The molecule has 0 unspecified atom stereocenters. The Morgan fingerprint density at radius 3 is 0.853 bits per heavy atom. The van der Waals surface area contributed by atoms with Crippen molar-refractivity contribution in [2.75, 3.05) is 286 Å². The van der Waals surface area contributed by atoms with E-state index in [1.807, 2.05) is 121 Å². The van der Waals surface area contributed by atoms with Crippen molar-refractivity contribution >= 4 is 48.2 Å². The summed E-state index contributed by atoms with van der Waals surface area (Å²) in [6.07, 6.45) is -2.62. The number of hydrogen-bond acceptors (Lipinski definition) is 37. The predicted molar refractivity (Wildman–Crippen MR) is 470 cm³/mol. The number of nitrogens with two attached hydrogens (primary N) is 3. The number of hydrogen-bond donors (Lipinski definition) is 11. The number of alkyl carbamates (subject to hydrolysis) is 4. The van der Waals surface area contributed by atoms with E-state index in [2.05, 4.69) is 26.6 Å². The minimum atomic E-state index is -1.02. The van der Waals surface area contributed by atoms with E-state index in [1.54, 1.807) is 56.1 Å². The Balaban J connectivity index is -0.00000147. The Hall–Kier alpha value is -9.08. The van der Waals surface area contributed by atoms with Gasteiger partial charge in [0, 0.05) is 80.8 Å². The highest BCUT2D eigenvalue weighted by molar-refractivity contribution is 5.77. The van der Waals surface area contributed by atoms with E-state index < -0.39 is 47.9 Å². The molecule has 0 aromatic heterocycles. The smallest absolute Gasteiger partial charge is 0.407 e. The first-order valence-corrected chi connectivity index (χ1v) is 41.8. The molecule has 43 nitrogen and oxygen atoms in total. The molecule has 740 valence electrons. The number of carboxylic acids is 1. The predicted octanol–water partition coefficient (Wildman–Crippen LogP) is 3.05. The lowest BCUT2D eigenvalue weighted by Crippen LogP contribution is -2.31. The molecular formula is C86H146N8O35. The molecule has 0 aliphatic rings. The molecule has 0 spiro atoms. The van der Waals surface area contributed by atoms with Crippen LogP contribution < -0.4 is 43.8 Å². The van der Waals surface area contributed by atoms with Crippen LogP contribution in [0.5, 0.6) is 0 Å². The van der Waals surface area contributed by atoms with E-state index >= 15 is 0 Å². The number of benzene rings is 4. The van der Waals surface area contributed by atoms with Gasteiger partial charge in [0.2, 0.25) is 5.91 Å². The van der Waals surface area contributed by atoms with Gasteiger partial charge in [0.25, 0.3) is 0 Å². The van der Waals surface area contributed by atoms with Crippen molar-refractivity contribution in [1.82, 2.24) is 26.6 Å². The summed E-state index contributed by atoms with van der Waals surface area (Å²) in [6.45, 7) is 20.5. The summed E-state index contributed by atoms with van der Waals surface area (Å²) in [5.74, 6) is -2.00. The molecule has 0 atom stereocenters. The van der Waals surface area contributed by atoms with Crippen molar-refractivity contribution in [2.24, 2.45) is 17.2 Å². The van der Waals surface area contributed by atoms with Gasteiger partial charge >= 0.3 is 42.3 Å². The lowest BCUT2D eigenvalue weighted by atomic mass is 10.2. The number of rotatable bonds is 68. The molecule has 14 N–H and O–H groups in total. The van der Waals surface area contributed by atoms with Gasteiger partial charge in [-0.1, -0.05) is 121 Å². The molecule has 4 aromatic rings. The molecule has 4 rings (SSSR count). The maximum Gasteiger partial charge on any atom is 0.407 e. The van der Waals surface area contributed by atoms with Gasteiger partial charge in [0.15, 0.2) is 12.6 Å². The fourth-order valence-electron chi connectivity index (χ4n) is 8.25. The van der Waals surface area contributed by atoms with E-state index in [1.165, 1.54) is 0 Å². The molecule has 0 saturated heterocycles. The maximum absolute atomic E-state index is 11.5. The number of aliphatic hydroxyl groups is 2. The van der Waals surface area contributed by atoms with Gasteiger partial charge < -0.3 is 173 Å². The fourth-order valence-corrected chi connectivity index (χ4v) is 8.25. The van der Waals surface area contributed by atoms with Gasteiger partial charge in [-0.3, -0.25) is 4.79 Å². The van der Waals surface area contributed by atoms with E-state index in [0.717, 1.165) is 22.3 Å². The molecule has 0 aliphatic carbocycles. The lowest BCUT2D eigenvalue weighted by molar-refractivity contribution is -0.160. The minimum absolute atomic E-state index is 0.00448. The normalized spacial score (nSPS) is 10.5. The van der Waals surface area contributed by atoms with Crippen molar-refractivity contribution in [3.63, 3.8) is 0 Å². The topological polar surface area (TPSA) is 557 Å². The zero-order valence-electron chi connectivity index (χ0n) is 76.2. The molecule has 0 bridgehead atoms. The standard InChI is InChI=1S/C18H27NO6.C16H23NO6.C14H30N2O7.C14H19NO6.C12H17NO4.C8H19NO4.C4H11NO2/c1-18(2,3)25-16(20)14-23-12-11-22-10-9-19-17(21)24-13-15-7-5-4-6-8-15;1-2-22-15(18)13-21-11-10-20-9-8-17-16(19)23-12-14-6-4-3-5-7-14;1-18-14(19-2)12-23-10-8-21-6-4-16-13(17)11-22-9-7-20-5-3-15;16-13(17)11-20-9-8-19-7-6-15-14(18)21-10-12-4-2-1-3-5-12;14-7-9-16-8-6-13-12(15)17-10-11-4-2-1-3-5-11;1-10-8(11-2)7-13-6-5-12-4-3-9;5-1-3-7-4-2-6/h4-8H,9-14H2,1-3H3,(H,19,21);3-7H,2,8-13H2,1H3,(H,17,19);14H,3-12,15H2,1-2H3,(H,16,17);1-5H,6-11H2,(H,15,18)(H,16,17);1-5,14H,6-10H2,(H,13,15);8H,3-7,9H2,1-2H3;6H,1-5H2. The summed E-state index contributed by atoms with van der Waals surface area (Å²) >= 11 is 0. The van der Waals surface area contributed by atoms with Crippen LogP contribution in [0.15, 0.2) is 121 Å². The molecule has 43 heteroatoms. The number of aliphatic hydroxyl groups excluding tert-OH is 2. The highest BCUT2D eigenvalue weighted by Crippen LogP contribution is 2.08. The first kappa shape index (κ1) is 124. The van der Waals surface area contributed by atoms with Crippen molar-refractivity contribution in [2.45, 2.75) is 72.3 Å². The Morgan fingerprint density at radius 1 is 0.318 bits per heavy atom. The highest BCUT2D eigenvalue weighted by atomic mass is 16.7. The van der Waals surface area contributed by atoms with Crippen LogP contribution in [0.1, 0.15) is 49.9 Å².